The van der Waals surface area contributed by atoms with Crippen LogP contribution >= 0.6 is 0 Å². The van der Waals surface area contributed by atoms with Gasteiger partial charge in [-0.1, -0.05) is 13.1 Å². The summed E-state index contributed by atoms with van der Waals surface area (Å²) >= 11 is 0. The molecule has 0 radical (unpaired) electrons. The summed E-state index contributed by atoms with van der Waals surface area (Å²) in [7, 11) is -4.70. The third kappa shape index (κ3) is 14.7. The van der Waals surface area contributed by atoms with Crippen molar-refractivity contribution >= 4 is 53.4 Å². The molecule has 5 nitrogen and oxygen atoms in total. The van der Waals surface area contributed by atoms with Gasteiger partial charge < -0.3 is 17.9 Å². The van der Waals surface area contributed by atoms with Crippen molar-refractivity contribution < 1.29 is 22.5 Å². The summed E-state index contributed by atoms with van der Waals surface area (Å²) in [5.74, 6) is 0. The van der Waals surface area contributed by atoms with E-state index in [1.165, 1.54) is 9.76 Å². The van der Waals surface area contributed by atoms with Gasteiger partial charge in [0, 0.05) is 9.76 Å². The lowest BCUT2D eigenvalue weighted by atomic mass is 11.9. The van der Waals surface area contributed by atoms with Gasteiger partial charge >= 0.3 is 18.2 Å². The Morgan fingerprint density at radius 2 is 1.65 bits per heavy atom. The molecule has 0 bridgehead atoms. The first-order valence-electron chi connectivity index (χ1n) is 5.76. The molecule has 0 aliphatic carbocycles. The van der Waals surface area contributed by atoms with E-state index < -0.39 is 43.6 Å². The van der Waals surface area contributed by atoms with Crippen molar-refractivity contribution in [3.63, 3.8) is 0 Å². The van der Waals surface area contributed by atoms with Gasteiger partial charge in [-0.25, -0.2) is 0 Å². The van der Waals surface area contributed by atoms with Crippen LogP contribution in [-0.2, 0) is 17.7 Å². The second-order valence-corrected chi connectivity index (χ2v) is 29.3. The van der Waals surface area contributed by atoms with Gasteiger partial charge in [0.25, 0.3) is 0 Å². The van der Waals surface area contributed by atoms with E-state index in [1.54, 1.807) is 0 Å². The molecule has 17 heavy (non-hydrogen) atoms. The van der Waals surface area contributed by atoms with Gasteiger partial charge in [0.05, 0.1) is 8.31 Å². The lowest BCUT2D eigenvalue weighted by Gasteiger charge is -2.26. The fourth-order valence-electron chi connectivity index (χ4n) is 0.890. The van der Waals surface area contributed by atoms with E-state index in [1.807, 2.05) is 0 Å². The van der Waals surface area contributed by atoms with E-state index in [0.29, 0.717) is 0 Å². The third-order valence-corrected chi connectivity index (χ3v) is 27.5. The van der Waals surface area contributed by atoms with Crippen LogP contribution in [-0.4, -0.2) is 58.2 Å². The standard InChI is InChI=1S/C6H24O3Si5.H2O2Si/c1-11(2)9-14(5,6)8-7-13(10)12(3)4;1-3-2/h11-13H,1-6,10H3;1,3H. The van der Waals surface area contributed by atoms with Crippen molar-refractivity contribution in [2.24, 2.45) is 0 Å². The fourth-order valence-corrected chi connectivity index (χ4v) is 9.38. The maximum atomic E-state index is 8.57. The Morgan fingerprint density at radius 3 is 1.94 bits per heavy atom. The zero-order valence-electron chi connectivity index (χ0n) is 11.9. The van der Waals surface area contributed by atoms with Gasteiger partial charge in [-0.3, -0.25) is 4.58 Å². The predicted molar refractivity (Wildman–Crippen MR) is 85.6 cm³/mol. The molecule has 0 amide bonds. The van der Waals surface area contributed by atoms with E-state index in [4.69, 9.17) is 22.5 Å². The topological polar surface area (TPSA) is 65.0 Å². The molecule has 0 spiro atoms. The van der Waals surface area contributed by atoms with E-state index in [-0.39, 0.29) is 0 Å². The summed E-state index contributed by atoms with van der Waals surface area (Å²) in [4.78, 5) is 7.10. The second kappa shape index (κ2) is 10.7. The molecule has 0 aromatic rings. The minimum absolute atomic E-state index is 0.558. The van der Waals surface area contributed by atoms with Crippen LogP contribution < -0.4 is 0 Å². The lowest BCUT2D eigenvalue weighted by molar-refractivity contribution is -0.125. The Bertz CT molecular complexity index is 201. The van der Waals surface area contributed by atoms with Crippen molar-refractivity contribution in [3.8, 4) is 0 Å². The molecule has 0 aliphatic rings. The minimum atomic E-state index is -1.96. The summed E-state index contributed by atoms with van der Waals surface area (Å²) in [5, 5.41) is 0. The fraction of sp³-hybridized carbons (Fsp3) is 1.00. The van der Waals surface area contributed by atoms with Crippen molar-refractivity contribution in [2.45, 2.75) is 39.3 Å². The van der Waals surface area contributed by atoms with Crippen LogP contribution in [0.5, 0.6) is 0 Å². The van der Waals surface area contributed by atoms with Gasteiger partial charge in [0.1, 0.15) is 0 Å². The third-order valence-electron chi connectivity index (χ3n) is 1.86. The Morgan fingerprint density at radius 1 is 1.24 bits per heavy atom. The first-order valence-corrected chi connectivity index (χ1v) is 22.4. The Balaban J connectivity index is 0. The Hall–Kier alpha value is 0.781. The van der Waals surface area contributed by atoms with Crippen molar-refractivity contribution in [1.29, 1.82) is 0 Å². The van der Waals surface area contributed by atoms with Crippen molar-refractivity contribution in [3.05, 3.63) is 0 Å². The normalized spacial score (nSPS) is 13.4. The predicted octanol–water partition coefficient (Wildman–Crippen LogP) is -1.54. The van der Waals surface area contributed by atoms with E-state index >= 15 is 0 Å². The maximum absolute atomic E-state index is 8.57. The zero-order valence-corrected chi connectivity index (χ0v) is 19.5. The summed E-state index contributed by atoms with van der Waals surface area (Å²) in [6.07, 6.45) is 0. The smallest absolute Gasteiger partial charge is 0.484 e. The number of hydrogen-bond acceptors (Lipinski definition) is 4. The van der Waals surface area contributed by atoms with Gasteiger partial charge in [0.15, 0.2) is 17.1 Å². The van der Waals surface area contributed by atoms with Crippen LogP contribution in [0, 0.1) is 0 Å². The van der Waals surface area contributed by atoms with Gasteiger partial charge in [-0.15, -0.1) is 0 Å². The summed E-state index contributed by atoms with van der Waals surface area (Å²) in [5.41, 5.74) is 0. The highest BCUT2D eigenvalue weighted by Gasteiger charge is 2.29. The largest absolute Gasteiger partial charge is 0.541 e. The molecule has 0 rings (SSSR count). The van der Waals surface area contributed by atoms with Gasteiger partial charge in [0.2, 0.25) is 0 Å². The SMILES string of the molecule is C[SiH](C)O[Si](C)(C)OO[SiH]([SiH3])[SiH](C)C.O=[SiH]O. The van der Waals surface area contributed by atoms with Crippen LogP contribution in [0.3, 0.4) is 0 Å². The van der Waals surface area contributed by atoms with Gasteiger partial charge in [-0.05, 0) is 26.2 Å². The molecule has 1 atom stereocenters. The highest BCUT2D eigenvalue weighted by atomic mass is 29.6. The molecular formula is C6H26O5Si6. The molecule has 1 unspecified atom stereocenters. The van der Waals surface area contributed by atoms with Crippen molar-refractivity contribution in [1.82, 2.24) is 0 Å². The molecule has 0 aromatic heterocycles. The Kier molecular flexibility index (Phi) is 12.6. The van der Waals surface area contributed by atoms with Crippen LogP contribution in [0.2, 0.25) is 39.3 Å². The van der Waals surface area contributed by atoms with Crippen LogP contribution in [0.4, 0.5) is 0 Å². The molecule has 0 saturated carbocycles. The average Bonchev–Trinajstić information content (AvgIpc) is 2.13. The van der Waals surface area contributed by atoms with E-state index in [2.05, 4.69) is 39.3 Å². The molecule has 104 valence electrons. The van der Waals surface area contributed by atoms with Crippen LogP contribution in [0.25, 0.3) is 0 Å². The number of hydrogen-bond donors (Lipinski definition) is 1. The van der Waals surface area contributed by atoms with Gasteiger partial charge in [-0.2, -0.15) is 0 Å². The molecule has 11 heteroatoms. The zero-order chi connectivity index (χ0) is 14.1. The highest BCUT2D eigenvalue weighted by molar-refractivity contribution is 7.38. The average molecular weight is 347 g/mol. The summed E-state index contributed by atoms with van der Waals surface area (Å²) < 4.78 is 25.6. The molecule has 1 N–H and O–H groups in total. The molecule has 0 aliphatic heterocycles. The molecule has 0 saturated heterocycles. The monoisotopic (exact) mass is 346 g/mol. The number of rotatable bonds is 6. The van der Waals surface area contributed by atoms with E-state index in [9.17, 15) is 0 Å². The molecule has 0 aromatic carbocycles. The quantitative estimate of drug-likeness (QED) is 0.359. The lowest BCUT2D eigenvalue weighted by Crippen LogP contribution is -2.44. The van der Waals surface area contributed by atoms with Crippen LogP contribution in [0.1, 0.15) is 0 Å². The van der Waals surface area contributed by atoms with Crippen LogP contribution in [0.15, 0.2) is 0 Å². The van der Waals surface area contributed by atoms with Crippen molar-refractivity contribution in [2.75, 3.05) is 0 Å². The highest BCUT2D eigenvalue weighted by Crippen LogP contribution is 2.09. The summed E-state index contributed by atoms with van der Waals surface area (Å²) in [6, 6.07) is 0. The summed E-state index contributed by atoms with van der Waals surface area (Å²) in [6.45, 7) is 13.2. The molecule has 0 fully saturated rings. The van der Waals surface area contributed by atoms with E-state index in [0.717, 1.165) is 0 Å². The first-order chi connectivity index (χ1) is 7.66. The maximum Gasteiger partial charge on any atom is 0.484 e. The molecular weight excluding hydrogens is 321 g/mol. The second-order valence-electron chi connectivity index (χ2n) is 4.80. The Labute approximate surface area is 115 Å². The minimum Gasteiger partial charge on any atom is -0.541 e. The first kappa shape index (κ1) is 20.1. The molecule has 0 heterocycles.